The number of amides is 2. The second-order valence-electron chi connectivity index (χ2n) is 10.3. The van der Waals surface area contributed by atoms with E-state index >= 15 is 0 Å². The van der Waals surface area contributed by atoms with Crippen molar-refractivity contribution in [3.8, 4) is 0 Å². The van der Waals surface area contributed by atoms with Gasteiger partial charge in [0.15, 0.2) is 11.5 Å². The number of rotatable bonds is 9. The van der Waals surface area contributed by atoms with E-state index in [9.17, 15) is 14.4 Å². The number of halogens is 1. The van der Waals surface area contributed by atoms with Crippen LogP contribution in [0.25, 0.3) is 0 Å². The second kappa shape index (κ2) is 11.9. The van der Waals surface area contributed by atoms with Gasteiger partial charge in [-0.15, -0.1) is 0 Å². The molecular formula is C28H33ClN6O3. The van der Waals surface area contributed by atoms with Gasteiger partial charge in [-0.2, -0.15) is 0 Å². The number of nitrogens with one attached hydrogen (secondary N) is 3. The van der Waals surface area contributed by atoms with Gasteiger partial charge in [0, 0.05) is 55.9 Å². The van der Waals surface area contributed by atoms with Crippen molar-refractivity contribution in [2.75, 3.05) is 45.1 Å². The molecule has 0 aliphatic carbocycles. The number of nitrogens with zero attached hydrogens (tertiary/aromatic N) is 3. The van der Waals surface area contributed by atoms with E-state index in [0.717, 1.165) is 31.7 Å². The number of aromatic nitrogens is 2. The predicted molar refractivity (Wildman–Crippen MR) is 148 cm³/mol. The number of hydrogen-bond acceptors (Lipinski definition) is 6. The number of benzene rings is 2. The number of Topliss-reactive ketones (excluding diaryl/α,β-unsaturated/α-hetero) is 1. The summed E-state index contributed by atoms with van der Waals surface area (Å²) in [6, 6.07) is 13.9. The first-order valence-electron chi connectivity index (χ1n) is 12.6. The summed E-state index contributed by atoms with van der Waals surface area (Å²) in [5, 5.41) is 6.23. The van der Waals surface area contributed by atoms with Gasteiger partial charge in [-0.1, -0.05) is 35.9 Å². The third kappa shape index (κ3) is 7.06. The van der Waals surface area contributed by atoms with Gasteiger partial charge < -0.3 is 20.5 Å². The van der Waals surface area contributed by atoms with Gasteiger partial charge in [-0.3, -0.25) is 19.3 Å². The molecule has 0 saturated carbocycles. The largest absolute Gasteiger partial charge is 0.345 e. The average Bonchev–Trinajstić information content (AvgIpc) is 3.37. The zero-order valence-corrected chi connectivity index (χ0v) is 22.6. The molecule has 9 nitrogen and oxygen atoms in total. The fourth-order valence-electron chi connectivity index (χ4n) is 4.48. The molecule has 2 amide bonds. The van der Waals surface area contributed by atoms with Gasteiger partial charge in [0.2, 0.25) is 0 Å². The smallest absolute Gasteiger partial charge is 0.276 e. The summed E-state index contributed by atoms with van der Waals surface area (Å²) in [4.78, 5) is 50.1. The molecule has 2 aromatic carbocycles. The lowest BCUT2D eigenvalue weighted by molar-refractivity contribution is 0.0839. The zero-order valence-electron chi connectivity index (χ0n) is 21.9. The Morgan fingerprint density at radius 2 is 1.68 bits per heavy atom. The highest BCUT2D eigenvalue weighted by Gasteiger charge is 2.29. The molecule has 0 spiro atoms. The van der Waals surface area contributed by atoms with Crippen LogP contribution in [0.2, 0.25) is 5.02 Å². The fraction of sp³-hybridized carbons (Fsp3) is 0.357. The molecule has 0 unspecified atom stereocenters. The van der Waals surface area contributed by atoms with Crippen molar-refractivity contribution in [2.24, 2.45) is 0 Å². The van der Waals surface area contributed by atoms with Gasteiger partial charge in [-0.05, 0) is 50.7 Å². The normalized spacial score (nSPS) is 14.7. The Bertz CT molecular complexity index is 1300. The Morgan fingerprint density at radius 3 is 2.37 bits per heavy atom. The van der Waals surface area contributed by atoms with Gasteiger partial charge in [0.1, 0.15) is 5.69 Å². The number of aromatic amines is 1. The molecular weight excluding hydrogens is 504 g/mol. The Balaban J connectivity index is 1.35. The maximum atomic E-state index is 13.1. The van der Waals surface area contributed by atoms with E-state index in [1.807, 2.05) is 13.8 Å². The van der Waals surface area contributed by atoms with Gasteiger partial charge >= 0.3 is 0 Å². The summed E-state index contributed by atoms with van der Waals surface area (Å²) < 4.78 is 0. The van der Waals surface area contributed by atoms with Gasteiger partial charge in [-0.25, -0.2) is 4.98 Å². The quantitative estimate of drug-likeness (QED) is 0.361. The first kappa shape index (κ1) is 27.5. The molecule has 1 aliphatic heterocycles. The molecule has 0 atom stereocenters. The van der Waals surface area contributed by atoms with Crippen LogP contribution in [0.15, 0.2) is 54.9 Å². The van der Waals surface area contributed by atoms with Crippen molar-refractivity contribution in [1.82, 2.24) is 25.1 Å². The molecule has 0 bridgehead atoms. The van der Waals surface area contributed by atoms with Crippen molar-refractivity contribution in [2.45, 2.75) is 25.8 Å². The van der Waals surface area contributed by atoms with Crippen LogP contribution >= 0.6 is 11.6 Å². The lowest BCUT2D eigenvalue weighted by atomic mass is 10.0. The van der Waals surface area contributed by atoms with E-state index in [1.54, 1.807) is 48.5 Å². The first-order valence-corrected chi connectivity index (χ1v) is 12.9. The SMILES string of the molecule is CN1CCN(CC(C)(C)NC(=O)c2[nH]cnc2C(=O)Nc2ccc(CC(=O)c3ccccc3Cl)cc2)CC1. The van der Waals surface area contributed by atoms with Crippen LogP contribution < -0.4 is 10.6 Å². The summed E-state index contributed by atoms with van der Waals surface area (Å²) in [6.45, 7) is 8.52. The molecule has 1 saturated heterocycles. The van der Waals surface area contributed by atoms with E-state index in [-0.39, 0.29) is 29.5 Å². The third-order valence-electron chi connectivity index (χ3n) is 6.50. The highest BCUT2D eigenvalue weighted by Crippen LogP contribution is 2.19. The Hall–Kier alpha value is -3.53. The summed E-state index contributed by atoms with van der Waals surface area (Å²) in [6.07, 6.45) is 1.52. The van der Waals surface area contributed by atoms with Crippen molar-refractivity contribution in [1.29, 1.82) is 0 Å². The van der Waals surface area contributed by atoms with Crippen LogP contribution in [0.3, 0.4) is 0 Å². The summed E-state index contributed by atoms with van der Waals surface area (Å²) in [7, 11) is 2.10. The van der Waals surface area contributed by atoms with E-state index in [4.69, 9.17) is 11.6 Å². The topological polar surface area (TPSA) is 110 Å². The molecule has 10 heteroatoms. The minimum Gasteiger partial charge on any atom is -0.345 e. The zero-order chi connectivity index (χ0) is 27.3. The van der Waals surface area contributed by atoms with Crippen LogP contribution in [0.5, 0.6) is 0 Å². The summed E-state index contributed by atoms with van der Waals surface area (Å²) in [5.41, 5.74) is 1.40. The van der Waals surface area contributed by atoms with Crippen molar-refractivity contribution in [3.05, 3.63) is 82.4 Å². The number of likely N-dealkylation sites (N-methyl/N-ethyl adjacent to an activating group) is 1. The number of carbonyl (C=O) groups excluding carboxylic acids is 3. The number of ketones is 1. The average molecular weight is 537 g/mol. The number of anilines is 1. The van der Waals surface area contributed by atoms with Crippen LogP contribution in [-0.2, 0) is 6.42 Å². The van der Waals surface area contributed by atoms with Crippen LogP contribution in [0.4, 0.5) is 5.69 Å². The maximum Gasteiger partial charge on any atom is 0.276 e. The predicted octanol–water partition coefficient (Wildman–Crippen LogP) is 3.50. The Labute approximate surface area is 227 Å². The number of H-pyrrole nitrogens is 1. The molecule has 4 rings (SSSR count). The number of hydrogen-bond donors (Lipinski definition) is 3. The van der Waals surface area contributed by atoms with E-state index in [2.05, 4.69) is 37.4 Å². The second-order valence-corrected chi connectivity index (χ2v) is 10.7. The lowest BCUT2D eigenvalue weighted by Gasteiger charge is -2.38. The standard InChI is InChI=1S/C28H33ClN6O3/c1-28(2,17-35-14-12-34(3)13-15-35)33-27(38)25-24(30-18-31-25)26(37)32-20-10-8-19(9-11-20)16-23(36)21-6-4-5-7-22(21)29/h4-11,18H,12-17H2,1-3H3,(H,30,31)(H,32,37)(H,33,38). The number of imidazole rings is 1. The summed E-state index contributed by atoms with van der Waals surface area (Å²) >= 11 is 6.13. The number of carbonyl (C=O) groups is 3. The summed E-state index contributed by atoms with van der Waals surface area (Å²) in [5.74, 6) is -0.983. The van der Waals surface area contributed by atoms with Crippen LogP contribution in [0.1, 0.15) is 50.7 Å². The van der Waals surface area contributed by atoms with Crippen molar-refractivity contribution >= 4 is 34.9 Å². The first-order chi connectivity index (χ1) is 18.1. The van der Waals surface area contributed by atoms with E-state index < -0.39 is 11.4 Å². The molecule has 3 N–H and O–H groups in total. The van der Waals surface area contributed by atoms with Gasteiger partial charge in [0.25, 0.3) is 11.8 Å². The van der Waals surface area contributed by atoms with Crippen LogP contribution in [-0.4, -0.2) is 82.7 Å². The van der Waals surface area contributed by atoms with Crippen molar-refractivity contribution < 1.29 is 14.4 Å². The minimum atomic E-state index is -0.506. The molecule has 0 radical (unpaired) electrons. The van der Waals surface area contributed by atoms with Gasteiger partial charge in [0.05, 0.1) is 11.3 Å². The molecule has 2 heterocycles. The lowest BCUT2D eigenvalue weighted by Crippen LogP contribution is -2.55. The van der Waals surface area contributed by atoms with Crippen LogP contribution in [0, 0.1) is 0 Å². The fourth-order valence-corrected chi connectivity index (χ4v) is 4.72. The molecule has 38 heavy (non-hydrogen) atoms. The van der Waals surface area contributed by atoms with E-state index in [1.165, 1.54) is 6.33 Å². The highest BCUT2D eigenvalue weighted by molar-refractivity contribution is 6.34. The van der Waals surface area contributed by atoms with E-state index in [0.29, 0.717) is 22.8 Å². The number of piperazine rings is 1. The molecule has 1 fully saturated rings. The molecule has 200 valence electrons. The third-order valence-corrected chi connectivity index (χ3v) is 6.83. The molecule has 1 aromatic heterocycles. The Kier molecular flexibility index (Phi) is 8.61. The maximum absolute atomic E-state index is 13.1. The van der Waals surface area contributed by atoms with Crippen molar-refractivity contribution in [3.63, 3.8) is 0 Å². The monoisotopic (exact) mass is 536 g/mol. The minimum absolute atomic E-state index is 0.0101. The molecule has 1 aliphatic rings. The molecule has 3 aromatic rings. The Morgan fingerprint density at radius 1 is 1.00 bits per heavy atom. The highest BCUT2D eigenvalue weighted by atomic mass is 35.5.